The Morgan fingerprint density at radius 3 is 2.45 bits per heavy atom. The minimum Gasteiger partial charge on any atom is -0.480 e. The monoisotopic (exact) mass is 329 g/mol. The lowest BCUT2D eigenvalue weighted by Gasteiger charge is -2.22. The molecule has 0 aliphatic heterocycles. The number of aliphatic hydroxyl groups is 1. The number of nitrogens with one attached hydrogen (secondary N) is 1. The standard InChI is InChI=1S/C14H23N3O4S/c1-8(2)10(11(18)19)16-13(20)17(5)7-9-6-15-12(22-9)14(3,4)21/h6,8,10,21H,7H2,1-5H3,(H,16,20)(H,18,19)/t10-/m0/s1. The highest BCUT2D eigenvalue weighted by molar-refractivity contribution is 7.11. The molecule has 0 bridgehead atoms. The van der Waals surface area contributed by atoms with Crippen LogP contribution in [-0.4, -0.2) is 45.2 Å². The van der Waals surface area contributed by atoms with Gasteiger partial charge < -0.3 is 20.4 Å². The van der Waals surface area contributed by atoms with Gasteiger partial charge in [-0.1, -0.05) is 13.8 Å². The first-order chi connectivity index (χ1) is 10.0. The zero-order chi connectivity index (χ0) is 17.1. The highest BCUT2D eigenvalue weighted by atomic mass is 32.1. The Labute approximate surface area is 134 Å². The van der Waals surface area contributed by atoms with Crippen LogP contribution in [0.15, 0.2) is 6.20 Å². The highest BCUT2D eigenvalue weighted by Gasteiger charge is 2.25. The molecule has 0 aliphatic carbocycles. The Kier molecular flexibility index (Phi) is 5.90. The van der Waals surface area contributed by atoms with Crippen molar-refractivity contribution in [2.45, 2.75) is 45.9 Å². The van der Waals surface area contributed by atoms with Crippen LogP contribution in [0.25, 0.3) is 0 Å². The van der Waals surface area contributed by atoms with Gasteiger partial charge in [-0.15, -0.1) is 11.3 Å². The molecule has 0 aliphatic rings. The Morgan fingerprint density at radius 2 is 2.05 bits per heavy atom. The fourth-order valence-electron chi connectivity index (χ4n) is 1.73. The van der Waals surface area contributed by atoms with Crippen molar-refractivity contribution < 1.29 is 19.8 Å². The summed E-state index contributed by atoms with van der Waals surface area (Å²) in [6, 6.07) is -1.39. The molecule has 1 atom stereocenters. The SMILES string of the molecule is CC(C)[C@H](NC(=O)N(C)Cc1cnc(C(C)(C)O)s1)C(=O)O. The first-order valence-corrected chi connectivity index (χ1v) is 7.76. The summed E-state index contributed by atoms with van der Waals surface area (Å²) in [7, 11) is 1.58. The number of carboxylic acid groups (broad SMARTS) is 1. The van der Waals surface area contributed by atoms with E-state index in [9.17, 15) is 14.7 Å². The fraction of sp³-hybridized carbons (Fsp3) is 0.643. The molecule has 1 aromatic heterocycles. The molecule has 2 amide bonds. The third kappa shape index (κ3) is 4.96. The Bertz CT molecular complexity index is 536. The summed E-state index contributed by atoms with van der Waals surface area (Å²) in [6.45, 7) is 7.05. The van der Waals surface area contributed by atoms with Crippen LogP contribution in [0.5, 0.6) is 0 Å². The lowest BCUT2D eigenvalue weighted by atomic mass is 10.1. The first kappa shape index (κ1) is 18.4. The number of hydrogen-bond donors (Lipinski definition) is 3. The largest absolute Gasteiger partial charge is 0.480 e. The molecule has 124 valence electrons. The number of urea groups is 1. The van der Waals surface area contributed by atoms with Crippen LogP contribution >= 0.6 is 11.3 Å². The quantitative estimate of drug-likeness (QED) is 0.736. The predicted molar refractivity (Wildman–Crippen MR) is 83.6 cm³/mol. The number of thiazole rings is 1. The summed E-state index contributed by atoms with van der Waals surface area (Å²) >= 11 is 1.32. The number of aliphatic carboxylic acids is 1. The van der Waals surface area contributed by atoms with E-state index in [-0.39, 0.29) is 5.92 Å². The van der Waals surface area contributed by atoms with E-state index in [1.165, 1.54) is 16.2 Å². The number of aromatic nitrogens is 1. The number of carbonyl (C=O) groups is 2. The van der Waals surface area contributed by atoms with E-state index in [1.54, 1.807) is 40.9 Å². The van der Waals surface area contributed by atoms with Crippen LogP contribution in [0.3, 0.4) is 0 Å². The third-order valence-corrected chi connectivity index (χ3v) is 4.32. The highest BCUT2D eigenvalue weighted by Crippen LogP contribution is 2.25. The predicted octanol–water partition coefficient (Wildman–Crippen LogP) is 1.62. The van der Waals surface area contributed by atoms with E-state index < -0.39 is 23.6 Å². The lowest BCUT2D eigenvalue weighted by Crippen LogP contribution is -2.48. The van der Waals surface area contributed by atoms with Crippen LogP contribution in [0.2, 0.25) is 0 Å². The molecule has 3 N–H and O–H groups in total. The van der Waals surface area contributed by atoms with Crippen molar-refractivity contribution in [1.82, 2.24) is 15.2 Å². The summed E-state index contributed by atoms with van der Waals surface area (Å²) in [4.78, 5) is 29.5. The molecular formula is C14H23N3O4S. The molecule has 0 unspecified atom stereocenters. The van der Waals surface area contributed by atoms with Crippen LogP contribution in [0.1, 0.15) is 37.6 Å². The average molecular weight is 329 g/mol. The summed E-state index contributed by atoms with van der Waals surface area (Å²) in [5.41, 5.74) is -1.02. The molecule has 0 fully saturated rings. The van der Waals surface area contributed by atoms with Gasteiger partial charge in [0.2, 0.25) is 0 Å². The summed E-state index contributed by atoms with van der Waals surface area (Å²) in [6.07, 6.45) is 1.61. The van der Waals surface area contributed by atoms with E-state index >= 15 is 0 Å². The molecule has 1 heterocycles. The van der Waals surface area contributed by atoms with Gasteiger partial charge in [0, 0.05) is 18.1 Å². The van der Waals surface area contributed by atoms with E-state index in [2.05, 4.69) is 10.3 Å². The van der Waals surface area contributed by atoms with Gasteiger partial charge in [0.05, 0.1) is 6.54 Å². The zero-order valence-corrected chi connectivity index (χ0v) is 14.3. The van der Waals surface area contributed by atoms with Gasteiger partial charge in [0.15, 0.2) is 0 Å². The molecular weight excluding hydrogens is 306 g/mol. The molecule has 0 radical (unpaired) electrons. The normalized spacial score (nSPS) is 13.0. The van der Waals surface area contributed by atoms with Crippen LogP contribution in [0.4, 0.5) is 4.79 Å². The van der Waals surface area contributed by atoms with Gasteiger partial charge in [-0.2, -0.15) is 0 Å². The van der Waals surface area contributed by atoms with Crippen molar-refractivity contribution >= 4 is 23.3 Å². The Hall–Kier alpha value is -1.67. The van der Waals surface area contributed by atoms with Gasteiger partial charge in [-0.3, -0.25) is 0 Å². The van der Waals surface area contributed by atoms with Crippen molar-refractivity contribution in [2.24, 2.45) is 5.92 Å². The second-order valence-corrected chi connectivity index (χ2v) is 7.17. The third-order valence-electron chi connectivity index (χ3n) is 3.03. The number of nitrogens with zero attached hydrogens (tertiary/aromatic N) is 2. The average Bonchev–Trinajstić information content (AvgIpc) is 2.82. The Balaban J connectivity index is 2.68. The minimum atomic E-state index is -1.06. The molecule has 7 nitrogen and oxygen atoms in total. The molecule has 8 heteroatoms. The maximum Gasteiger partial charge on any atom is 0.326 e. The maximum atomic E-state index is 12.1. The maximum absolute atomic E-state index is 12.1. The van der Waals surface area contributed by atoms with E-state index in [0.29, 0.717) is 11.6 Å². The van der Waals surface area contributed by atoms with Gasteiger partial charge in [0.25, 0.3) is 0 Å². The summed E-state index contributed by atoms with van der Waals surface area (Å²) in [5.74, 6) is -1.26. The molecule has 0 saturated carbocycles. The number of rotatable bonds is 6. The second-order valence-electron chi connectivity index (χ2n) is 6.06. The molecule has 1 aromatic rings. The second kappa shape index (κ2) is 7.06. The molecule has 1 rings (SSSR count). The molecule has 0 aromatic carbocycles. The van der Waals surface area contributed by atoms with Crippen LogP contribution in [0, 0.1) is 5.92 Å². The van der Waals surface area contributed by atoms with Crippen LogP contribution in [-0.2, 0) is 16.9 Å². The number of carboxylic acids is 1. The lowest BCUT2D eigenvalue weighted by molar-refractivity contribution is -0.140. The van der Waals surface area contributed by atoms with Crippen molar-refractivity contribution in [3.63, 3.8) is 0 Å². The van der Waals surface area contributed by atoms with E-state index in [4.69, 9.17) is 5.11 Å². The minimum absolute atomic E-state index is 0.208. The van der Waals surface area contributed by atoms with Gasteiger partial charge in [0.1, 0.15) is 16.7 Å². The zero-order valence-electron chi connectivity index (χ0n) is 13.5. The first-order valence-electron chi connectivity index (χ1n) is 6.94. The number of amides is 2. The van der Waals surface area contributed by atoms with Gasteiger partial charge in [-0.25, -0.2) is 14.6 Å². The molecule has 22 heavy (non-hydrogen) atoms. The fourth-order valence-corrected chi connectivity index (χ4v) is 2.69. The number of hydrogen-bond acceptors (Lipinski definition) is 5. The van der Waals surface area contributed by atoms with Crippen LogP contribution < -0.4 is 5.32 Å². The molecule has 0 saturated heterocycles. The van der Waals surface area contributed by atoms with Gasteiger partial charge >= 0.3 is 12.0 Å². The van der Waals surface area contributed by atoms with Crippen molar-refractivity contribution in [3.8, 4) is 0 Å². The van der Waals surface area contributed by atoms with Crippen molar-refractivity contribution in [3.05, 3.63) is 16.1 Å². The summed E-state index contributed by atoms with van der Waals surface area (Å²) in [5, 5.41) is 22.0. The Morgan fingerprint density at radius 1 is 1.45 bits per heavy atom. The van der Waals surface area contributed by atoms with Crippen molar-refractivity contribution in [1.29, 1.82) is 0 Å². The smallest absolute Gasteiger partial charge is 0.326 e. The number of carbonyl (C=O) groups excluding carboxylic acids is 1. The van der Waals surface area contributed by atoms with E-state index in [1.807, 2.05) is 0 Å². The van der Waals surface area contributed by atoms with Crippen molar-refractivity contribution in [2.75, 3.05) is 7.05 Å². The topological polar surface area (TPSA) is 103 Å². The summed E-state index contributed by atoms with van der Waals surface area (Å²) < 4.78 is 0. The van der Waals surface area contributed by atoms with E-state index in [0.717, 1.165) is 4.88 Å². The molecule has 0 spiro atoms. The van der Waals surface area contributed by atoms with Gasteiger partial charge in [-0.05, 0) is 19.8 Å².